The van der Waals surface area contributed by atoms with Gasteiger partial charge in [-0.25, -0.2) is 0 Å². The van der Waals surface area contributed by atoms with Crippen LogP contribution in [0.15, 0.2) is 77.3 Å². The fourth-order valence-electron chi connectivity index (χ4n) is 4.19. The normalized spacial score (nSPS) is 12.4. The van der Waals surface area contributed by atoms with Crippen molar-refractivity contribution in [3.05, 3.63) is 101 Å². The summed E-state index contributed by atoms with van der Waals surface area (Å²) in [6, 6.07) is 20.5. The monoisotopic (exact) mass is 555 g/mol. The summed E-state index contributed by atoms with van der Waals surface area (Å²) in [5, 5.41) is 15.0. The fraction of sp³-hybridized carbons (Fsp3) is 0.267. The highest BCUT2D eigenvalue weighted by Gasteiger charge is 2.30. The number of ether oxygens (including phenoxy) is 1. The van der Waals surface area contributed by atoms with E-state index in [1.807, 2.05) is 48.5 Å². The van der Waals surface area contributed by atoms with Crippen LogP contribution in [0.2, 0.25) is 0 Å². The van der Waals surface area contributed by atoms with E-state index in [0.717, 1.165) is 34.4 Å². The third-order valence-electron chi connectivity index (χ3n) is 6.13. The van der Waals surface area contributed by atoms with Crippen molar-refractivity contribution in [1.82, 2.24) is 5.16 Å². The summed E-state index contributed by atoms with van der Waals surface area (Å²) < 4.78 is 49.5. The smallest absolute Gasteiger partial charge is 0.416 e. The van der Waals surface area contributed by atoms with E-state index in [2.05, 4.69) is 5.16 Å². The molecule has 0 saturated carbocycles. The molecule has 5 nitrogen and oxygen atoms in total. The molecular weight excluding hydrogens is 527 g/mol. The summed E-state index contributed by atoms with van der Waals surface area (Å²) in [6.45, 7) is 3.87. The highest BCUT2D eigenvalue weighted by atomic mass is 32.2. The summed E-state index contributed by atoms with van der Waals surface area (Å²) in [4.78, 5) is 11.7. The Bertz CT molecular complexity index is 1400. The number of esters is 1. The Morgan fingerprint density at radius 1 is 1.00 bits per heavy atom. The molecule has 0 bridgehead atoms. The Kier molecular flexibility index (Phi) is 9.14. The van der Waals surface area contributed by atoms with Crippen LogP contribution in [-0.2, 0) is 27.9 Å². The number of halogens is 3. The lowest BCUT2D eigenvalue weighted by Crippen LogP contribution is -2.07. The summed E-state index contributed by atoms with van der Waals surface area (Å²) in [5.74, 6) is 0.787. The minimum Gasteiger partial charge on any atom is -0.466 e. The standard InChI is InChI=1S/C30H28F3NO4S/c1-3-37-27(36)16-20-7-9-22(10-8-20)23-11-13-24(14-12-23)29-28(19(2)34-38-29)26(35)18-39-17-21-5-4-6-25(15-21)30(31,32)33/h4-15,26,35H,3,16-18H2,1-2H3. The van der Waals surface area contributed by atoms with Gasteiger partial charge in [-0.3, -0.25) is 4.79 Å². The van der Waals surface area contributed by atoms with Crippen LogP contribution in [0.4, 0.5) is 13.2 Å². The minimum atomic E-state index is -4.39. The van der Waals surface area contributed by atoms with Crippen molar-refractivity contribution in [3.63, 3.8) is 0 Å². The van der Waals surface area contributed by atoms with E-state index in [0.29, 0.717) is 34.9 Å². The summed E-state index contributed by atoms with van der Waals surface area (Å²) in [5.41, 5.74) is 4.53. The Hall–Kier alpha value is -3.56. The maximum absolute atomic E-state index is 13.0. The molecule has 0 radical (unpaired) electrons. The van der Waals surface area contributed by atoms with E-state index < -0.39 is 17.8 Å². The zero-order chi connectivity index (χ0) is 28.0. The third kappa shape index (κ3) is 7.30. The highest BCUT2D eigenvalue weighted by molar-refractivity contribution is 7.98. The van der Waals surface area contributed by atoms with Crippen molar-refractivity contribution in [2.45, 2.75) is 38.3 Å². The number of aliphatic hydroxyl groups is 1. The molecule has 204 valence electrons. The molecule has 1 atom stereocenters. The van der Waals surface area contributed by atoms with E-state index in [-0.39, 0.29) is 18.1 Å². The number of aromatic nitrogens is 1. The molecule has 1 unspecified atom stereocenters. The second-order valence-electron chi connectivity index (χ2n) is 9.00. The number of rotatable bonds is 10. The number of carbonyl (C=O) groups excluding carboxylic acids is 1. The SMILES string of the molecule is CCOC(=O)Cc1ccc(-c2ccc(-c3onc(C)c3C(O)CSCc3cccc(C(F)(F)F)c3)cc2)cc1. The van der Waals surface area contributed by atoms with Gasteiger partial charge in [-0.15, -0.1) is 0 Å². The van der Waals surface area contributed by atoms with Gasteiger partial charge in [-0.05, 0) is 42.2 Å². The number of hydrogen-bond acceptors (Lipinski definition) is 6. The number of carbonyl (C=O) groups is 1. The topological polar surface area (TPSA) is 72.6 Å². The van der Waals surface area contributed by atoms with Crippen molar-refractivity contribution >= 4 is 17.7 Å². The molecule has 0 amide bonds. The number of aryl methyl sites for hydroxylation is 1. The summed E-state index contributed by atoms with van der Waals surface area (Å²) in [6.07, 6.45) is -5.08. The van der Waals surface area contributed by atoms with Crippen LogP contribution in [0.1, 0.15) is 41.0 Å². The van der Waals surface area contributed by atoms with E-state index in [9.17, 15) is 23.1 Å². The number of thioether (sulfide) groups is 1. The Labute approximate surface area is 229 Å². The van der Waals surface area contributed by atoms with Crippen LogP contribution < -0.4 is 0 Å². The zero-order valence-corrected chi connectivity index (χ0v) is 22.3. The molecule has 3 aromatic carbocycles. The lowest BCUT2D eigenvalue weighted by Gasteiger charge is -2.12. The minimum absolute atomic E-state index is 0.223. The number of nitrogens with zero attached hydrogens (tertiary/aromatic N) is 1. The molecule has 4 aromatic rings. The fourth-order valence-corrected chi connectivity index (χ4v) is 5.12. The second-order valence-corrected chi connectivity index (χ2v) is 10.0. The Morgan fingerprint density at radius 2 is 1.64 bits per heavy atom. The van der Waals surface area contributed by atoms with Crippen LogP contribution in [0, 0.1) is 6.92 Å². The molecule has 9 heteroatoms. The van der Waals surface area contributed by atoms with E-state index in [1.54, 1.807) is 19.9 Å². The van der Waals surface area contributed by atoms with Gasteiger partial charge in [0.25, 0.3) is 0 Å². The molecule has 0 aliphatic carbocycles. The summed E-state index contributed by atoms with van der Waals surface area (Å²) >= 11 is 1.34. The van der Waals surface area contributed by atoms with Crippen molar-refractivity contribution in [3.8, 4) is 22.5 Å². The van der Waals surface area contributed by atoms with Gasteiger partial charge >= 0.3 is 12.1 Å². The quantitative estimate of drug-likeness (QED) is 0.206. The predicted molar refractivity (Wildman–Crippen MR) is 145 cm³/mol. The van der Waals surface area contributed by atoms with E-state index in [4.69, 9.17) is 9.26 Å². The lowest BCUT2D eigenvalue weighted by atomic mass is 9.99. The van der Waals surface area contributed by atoms with Gasteiger partial charge in [0.15, 0.2) is 5.76 Å². The number of alkyl halides is 3. The first kappa shape index (κ1) is 28.4. The zero-order valence-electron chi connectivity index (χ0n) is 21.5. The lowest BCUT2D eigenvalue weighted by molar-refractivity contribution is -0.142. The van der Waals surface area contributed by atoms with Gasteiger partial charge < -0.3 is 14.4 Å². The largest absolute Gasteiger partial charge is 0.466 e. The molecule has 39 heavy (non-hydrogen) atoms. The molecular formula is C30H28F3NO4S. The van der Waals surface area contributed by atoms with Gasteiger partial charge in [0.1, 0.15) is 0 Å². The van der Waals surface area contributed by atoms with Gasteiger partial charge in [0.2, 0.25) is 0 Å². The average Bonchev–Trinajstić information content (AvgIpc) is 3.30. The Balaban J connectivity index is 1.42. The van der Waals surface area contributed by atoms with Crippen molar-refractivity contribution in [2.24, 2.45) is 0 Å². The van der Waals surface area contributed by atoms with Crippen LogP contribution >= 0.6 is 11.8 Å². The molecule has 0 aliphatic heterocycles. The van der Waals surface area contributed by atoms with Gasteiger partial charge in [-0.1, -0.05) is 71.9 Å². The number of benzene rings is 3. The average molecular weight is 556 g/mol. The molecule has 1 N–H and O–H groups in total. The molecule has 1 heterocycles. The van der Waals surface area contributed by atoms with E-state index in [1.165, 1.54) is 17.8 Å². The molecule has 0 saturated heterocycles. The number of aliphatic hydroxyl groups excluding tert-OH is 1. The van der Waals surface area contributed by atoms with Crippen LogP contribution in [0.5, 0.6) is 0 Å². The molecule has 0 spiro atoms. The number of hydrogen-bond donors (Lipinski definition) is 1. The van der Waals surface area contributed by atoms with Crippen molar-refractivity contribution in [1.29, 1.82) is 0 Å². The van der Waals surface area contributed by atoms with E-state index >= 15 is 0 Å². The van der Waals surface area contributed by atoms with Crippen LogP contribution in [0.25, 0.3) is 22.5 Å². The molecule has 4 rings (SSSR count). The maximum Gasteiger partial charge on any atom is 0.416 e. The van der Waals surface area contributed by atoms with Gasteiger partial charge in [0.05, 0.1) is 36.0 Å². The maximum atomic E-state index is 13.0. The first-order valence-corrected chi connectivity index (χ1v) is 13.5. The van der Waals surface area contributed by atoms with Gasteiger partial charge in [-0.2, -0.15) is 24.9 Å². The molecule has 0 aliphatic rings. The highest BCUT2D eigenvalue weighted by Crippen LogP contribution is 2.35. The Morgan fingerprint density at radius 3 is 2.28 bits per heavy atom. The van der Waals surface area contributed by atoms with Gasteiger partial charge in [0, 0.05) is 17.1 Å². The summed E-state index contributed by atoms with van der Waals surface area (Å²) in [7, 11) is 0. The second kappa shape index (κ2) is 12.5. The van der Waals surface area contributed by atoms with Crippen LogP contribution in [0.3, 0.4) is 0 Å². The first-order chi connectivity index (χ1) is 18.7. The predicted octanol–water partition coefficient (Wildman–Crippen LogP) is 7.41. The molecule has 0 fully saturated rings. The van der Waals surface area contributed by atoms with Crippen molar-refractivity contribution < 1.29 is 32.3 Å². The molecule has 1 aromatic heterocycles. The van der Waals surface area contributed by atoms with Crippen molar-refractivity contribution in [2.75, 3.05) is 12.4 Å². The first-order valence-electron chi connectivity index (χ1n) is 12.4. The third-order valence-corrected chi connectivity index (χ3v) is 7.22. The van der Waals surface area contributed by atoms with Crippen LogP contribution in [-0.4, -0.2) is 28.6 Å².